The molecule has 0 aliphatic carbocycles. The Hall–Kier alpha value is -0.810. The summed E-state index contributed by atoms with van der Waals surface area (Å²) in [6.45, 7) is 0. The highest BCUT2D eigenvalue weighted by atomic mass is 16.4. The first-order valence-electron chi connectivity index (χ1n) is 1.51. The summed E-state index contributed by atoms with van der Waals surface area (Å²) >= 11 is 0. The predicted molar refractivity (Wildman–Crippen MR) is 25.5 cm³/mol. The van der Waals surface area contributed by atoms with Crippen LogP contribution in [0.3, 0.4) is 0 Å². The molecular formula is C2H9N3O2. The molecule has 5 nitrogen and oxygen atoms in total. The molecule has 1 amide bonds. The molecule has 0 bridgehead atoms. The van der Waals surface area contributed by atoms with E-state index in [1.807, 2.05) is 0 Å². The van der Waals surface area contributed by atoms with Gasteiger partial charge in [0.2, 0.25) is 0 Å². The van der Waals surface area contributed by atoms with Crippen molar-refractivity contribution in [2.45, 2.75) is 0 Å². The van der Waals surface area contributed by atoms with E-state index in [1.54, 1.807) is 7.05 Å². The molecular weight excluding hydrogens is 98.0 g/mol. The van der Waals surface area contributed by atoms with E-state index >= 15 is 0 Å². The fourth-order valence-electron chi connectivity index (χ4n) is 0. The number of amides is 1. The molecule has 0 aliphatic heterocycles. The lowest BCUT2D eigenvalue weighted by molar-refractivity contribution is 0.205. The Morgan fingerprint density at radius 3 is 1.86 bits per heavy atom. The first kappa shape index (κ1) is 9.50. The molecule has 0 heterocycles. The molecule has 0 aromatic rings. The number of primary amides is 1. The van der Waals surface area contributed by atoms with Crippen LogP contribution in [-0.4, -0.2) is 18.2 Å². The number of carboxylic acid groups (broad SMARTS) is 1. The largest absolute Gasteiger partial charge is 0.465 e. The number of hydrogen-bond acceptors (Lipinski definition) is 3. The lowest BCUT2D eigenvalue weighted by Gasteiger charge is -1.62. The van der Waals surface area contributed by atoms with Gasteiger partial charge in [-0.15, -0.1) is 0 Å². The Kier molecular flexibility index (Phi) is 12.1. The van der Waals surface area contributed by atoms with Gasteiger partial charge in [-0.1, -0.05) is 0 Å². The molecule has 44 valence electrons. The second-order valence-electron chi connectivity index (χ2n) is 0.627. The third kappa shape index (κ3) is 80.5. The van der Waals surface area contributed by atoms with E-state index in [2.05, 4.69) is 17.0 Å². The molecule has 0 atom stereocenters. The average molecular weight is 107 g/mol. The third-order valence-electron chi connectivity index (χ3n) is 0. The van der Waals surface area contributed by atoms with Crippen LogP contribution in [0.2, 0.25) is 0 Å². The number of carbonyl (C=O) groups is 1. The molecule has 6 N–H and O–H groups in total. The maximum Gasteiger partial charge on any atom is 0.402 e. The van der Waals surface area contributed by atoms with Crippen LogP contribution in [-0.2, 0) is 0 Å². The SMILES string of the molecule is CNN.NC(=O)O. The molecule has 0 rings (SSSR count). The van der Waals surface area contributed by atoms with Gasteiger partial charge >= 0.3 is 6.09 Å². The smallest absolute Gasteiger partial charge is 0.402 e. The summed E-state index contributed by atoms with van der Waals surface area (Å²) in [7, 11) is 1.65. The number of hydrazine groups is 1. The van der Waals surface area contributed by atoms with E-state index in [-0.39, 0.29) is 0 Å². The van der Waals surface area contributed by atoms with E-state index in [0.717, 1.165) is 0 Å². The van der Waals surface area contributed by atoms with Gasteiger partial charge in [0, 0.05) is 0 Å². The molecule has 0 spiro atoms. The summed E-state index contributed by atoms with van der Waals surface area (Å²) in [5.41, 5.74) is 6.28. The second kappa shape index (κ2) is 8.95. The highest BCUT2D eigenvalue weighted by Gasteiger charge is 1.65. The number of nitrogens with one attached hydrogen (secondary N) is 1. The fraction of sp³-hybridized carbons (Fsp3) is 0.500. The van der Waals surface area contributed by atoms with Gasteiger partial charge in [-0.05, 0) is 7.05 Å². The Morgan fingerprint density at radius 1 is 1.86 bits per heavy atom. The molecule has 0 radical (unpaired) electrons. The van der Waals surface area contributed by atoms with Gasteiger partial charge in [-0.3, -0.25) is 11.3 Å². The minimum Gasteiger partial charge on any atom is -0.465 e. The lowest BCUT2D eigenvalue weighted by atomic mass is 11.3. The molecule has 0 saturated carbocycles. The van der Waals surface area contributed by atoms with Gasteiger partial charge in [0.05, 0.1) is 0 Å². The van der Waals surface area contributed by atoms with Crippen LogP contribution in [0.4, 0.5) is 4.79 Å². The molecule has 7 heavy (non-hydrogen) atoms. The van der Waals surface area contributed by atoms with Crippen molar-refractivity contribution in [2.24, 2.45) is 11.6 Å². The van der Waals surface area contributed by atoms with Crippen molar-refractivity contribution in [3.05, 3.63) is 0 Å². The van der Waals surface area contributed by atoms with E-state index in [9.17, 15) is 0 Å². The Morgan fingerprint density at radius 2 is 1.86 bits per heavy atom. The first-order chi connectivity index (χ1) is 3.15. The normalized spacial score (nSPS) is 6.00. The van der Waals surface area contributed by atoms with Crippen LogP contribution in [0.5, 0.6) is 0 Å². The molecule has 0 saturated heterocycles. The number of nitrogens with two attached hydrogens (primary N) is 2. The van der Waals surface area contributed by atoms with Gasteiger partial charge in [0.25, 0.3) is 0 Å². The van der Waals surface area contributed by atoms with Crippen molar-refractivity contribution >= 4 is 6.09 Å². The van der Waals surface area contributed by atoms with Crippen LogP contribution in [0.25, 0.3) is 0 Å². The Labute approximate surface area is 41.3 Å². The summed E-state index contributed by atoms with van der Waals surface area (Å²) in [6, 6.07) is 0. The molecule has 0 aromatic heterocycles. The summed E-state index contributed by atoms with van der Waals surface area (Å²) in [5, 5.41) is 7.19. The summed E-state index contributed by atoms with van der Waals surface area (Å²) in [6.07, 6.45) is -1.33. The lowest BCUT2D eigenvalue weighted by Crippen LogP contribution is -2.13. The number of rotatable bonds is 0. The maximum absolute atomic E-state index is 8.78. The van der Waals surface area contributed by atoms with Crippen LogP contribution in [0, 0.1) is 0 Å². The molecule has 0 aliphatic rings. The van der Waals surface area contributed by atoms with E-state index in [4.69, 9.17) is 9.90 Å². The minimum absolute atomic E-state index is 1.33. The van der Waals surface area contributed by atoms with Crippen molar-refractivity contribution in [3.63, 3.8) is 0 Å². The van der Waals surface area contributed by atoms with Crippen LogP contribution < -0.4 is 17.0 Å². The van der Waals surface area contributed by atoms with Gasteiger partial charge in [0.15, 0.2) is 0 Å². The molecule has 0 fully saturated rings. The molecule has 0 aromatic carbocycles. The van der Waals surface area contributed by atoms with Crippen molar-refractivity contribution in [3.8, 4) is 0 Å². The van der Waals surface area contributed by atoms with E-state index < -0.39 is 6.09 Å². The second-order valence-corrected chi connectivity index (χ2v) is 0.627. The van der Waals surface area contributed by atoms with Gasteiger partial charge in [-0.2, -0.15) is 0 Å². The standard InChI is InChI=1S/CH6N2.CH3NO2/c1-3-2;2-1(3)4/h3H,2H2,1H3;2H2,(H,3,4). The Balaban J connectivity index is 0. The quantitative estimate of drug-likeness (QED) is 0.228. The summed E-state index contributed by atoms with van der Waals surface area (Å²) in [4.78, 5) is 8.78. The van der Waals surface area contributed by atoms with Crippen molar-refractivity contribution in [1.29, 1.82) is 0 Å². The zero-order valence-corrected chi connectivity index (χ0v) is 4.01. The monoisotopic (exact) mass is 107 g/mol. The van der Waals surface area contributed by atoms with Crippen LogP contribution in [0.1, 0.15) is 0 Å². The first-order valence-corrected chi connectivity index (χ1v) is 1.51. The maximum atomic E-state index is 8.78. The highest BCUT2D eigenvalue weighted by Crippen LogP contribution is 1.34. The zero-order valence-electron chi connectivity index (χ0n) is 4.01. The van der Waals surface area contributed by atoms with Gasteiger partial charge in [0.1, 0.15) is 0 Å². The fourth-order valence-corrected chi connectivity index (χ4v) is 0. The summed E-state index contributed by atoms with van der Waals surface area (Å²) in [5.74, 6) is 4.60. The van der Waals surface area contributed by atoms with Crippen molar-refractivity contribution < 1.29 is 9.90 Å². The predicted octanol–water partition coefficient (Wildman–Crippen LogP) is -1.30. The molecule has 0 unspecified atom stereocenters. The van der Waals surface area contributed by atoms with E-state index in [0.29, 0.717) is 0 Å². The summed E-state index contributed by atoms with van der Waals surface area (Å²) < 4.78 is 0. The van der Waals surface area contributed by atoms with Crippen LogP contribution in [0.15, 0.2) is 0 Å². The van der Waals surface area contributed by atoms with Gasteiger partial charge in [-0.25, -0.2) is 4.79 Å². The minimum atomic E-state index is -1.33. The number of hydrogen-bond donors (Lipinski definition) is 4. The average Bonchev–Trinajstić information content (AvgIpc) is 1.33. The van der Waals surface area contributed by atoms with E-state index in [1.165, 1.54) is 0 Å². The van der Waals surface area contributed by atoms with Gasteiger partial charge < -0.3 is 10.8 Å². The van der Waals surface area contributed by atoms with Crippen molar-refractivity contribution in [2.75, 3.05) is 7.05 Å². The van der Waals surface area contributed by atoms with Crippen LogP contribution >= 0.6 is 0 Å². The molecule has 5 heteroatoms. The zero-order chi connectivity index (χ0) is 6.28. The highest BCUT2D eigenvalue weighted by molar-refractivity contribution is 5.61. The Bertz CT molecular complexity index is 42.2. The van der Waals surface area contributed by atoms with Crippen molar-refractivity contribution in [1.82, 2.24) is 5.43 Å². The topological polar surface area (TPSA) is 101 Å². The third-order valence-corrected chi connectivity index (χ3v) is 0.